The van der Waals surface area contributed by atoms with Gasteiger partial charge in [0.1, 0.15) is 0 Å². The number of carbonyl (C=O) groups is 2. The summed E-state index contributed by atoms with van der Waals surface area (Å²) in [7, 11) is 0. The quantitative estimate of drug-likeness (QED) is 0.381. The number of carboxylic acid groups (broad SMARTS) is 1. The first kappa shape index (κ1) is 10.7. The molecule has 0 aliphatic carbocycles. The monoisotopic (exact) mass is 172 g/mol. The fourth-order valence-electron chi connectivity index (χ4n) is 0.505. The van der Waals surface area contributed by atoms with Crippen molar-refractivity contribution in [2.75, 3.05) is 6.61 Å². The maximum Gasteiger partial charge on any atom is 0.331 e. The van der Waals surface area contributed by atoms with Gasteiger partial charge < -0.3 is 9.84 Å². The molecule has 0 saturated heterocycles. The lowest BCUT2D eigenvalue weighted by molar-refractivity contribution is -0.138. The summed E-state index contributed by atoms with van der Waals surface area (Å²) in [6.45, 7) is 2.32. The van der Waals surface area contributed by atoms with E-state index in [0.717, 1.165) is 25.0 Å². The van der Waals surface area contributed by atoms with Gasteiger partial charge in [0.25, 0.3) is 0 Å². The molecule has 0 bridgehead atoms. The van der Waals surface area contributed by atoms with Crippen LogP contribution in [0.2, 0.25) is 0 Å². The lowest BCUT2D eigenvalue weighted by Crippen LogP contribution is -2.02. The second kappa shape index (κ2) is 6.39. The first-order valence-corrected chi connectivity index (χ1v) is 3.74. The maximum absolute atomic E-state index is 10.6. The molecule has 68 valence electrons. The average molecular weight is 172 g/mol. The molecule has 0 aliphatic rings. The van der Waals surface area contributed by atoms with Gasteiger partial charge in [0.05, 0.1) is 6.61 Å². The molecule has 0 spiro atoms. The van der Waals surface area contributed by atoms with Gasteiger partial charge in [0.2, 0.25) is 0 Å². The van der Waals surface area contributed by atoms with Crippen LogP contribution in [0.15, 0.2) is 12.2 Å². The van der Waals surface area contributed by atoms with Crippen molar-refractivity contribution < 1.29 is 19.4 Å². The fraction of sp³-hybridized carbons (Fsp3) is 0.500. The summed E-state index contributed by atoms with van der Waals surface area (Å²) in [6, 6.07) is 0. The lowest BCUT2D eigenvalue weighted by atomic mass is 10.4. The van der Waals surface area contributed by atoms with E-state index >= 15 is 0 Å². The number of unbranched alkanes of at least 4 members (excludes halogenated alkanes) is 1. The number of ether oxygens (including phenoxy) is 1. The molecule has 0 rings (SSSR count). The SMILES string of the molecule is CCCCOC(=O)/C=C/C(=O)O. The highest BCUT2D eigenvalue weighted by molar-refractivity contribution is 5.90. The molecule has 0 radical (unpaired) electrons. The van der Waals surface area contributed by atoms with Crippen LogP contribution in [-0.2, 0) is 14.3 Å². The third-order valence-electron chi connectivity index (χ3n) is 1.10. The van der Waals surface area contributed by atoms with Gasteiger partial charge in [-0.1, -0.05) is 13.3 Å². The van der Waals surface area contributed by atoms with Crippen molar-refractivity contribution in [1.29, 1.82) is 0 Å². The molecule has 0 aliphatic heterocycles. The Bertz CT molecular complexity index is 183. The van der Waals surface area contributed by atoms with Gasteiger partial charge in [0, 0.05) is 12.2 Å². The Labute approximate surface area is 70.8 Å². The summed E-state index contributed by atoms with van der Waals surface area (Å²) in [5.41, 5.74) is 0. The Hall–Kier alpha value is -1.32. The van der Waals surface area contributed by atoms with E-state index in [2.05, 4.69) is 4.74 Å². The molecule has 1 N–H and O–H groups in total. The molecule has 0 aromatic heterocycles. The minimum absolute atomic E-state index is 0.347. The summed E-state index contributed by atoms with van der Waals surface area (Å²) in [5, 5.41) is 8.14. The van der Waals surface area contributed by atoms with Crippen molar-refractivity contribution in [3.05, 3.63) is 12.2 Å². The highest BCUT2D eigenvalue weighted by Crippen LogP contribution is 1.89. The summed E-state index contributed by atoms with van der Waals surface area (Å²) < 4.78 is 4.64. The molecular weight excluding hydrogens is 160 g/mol. The summed E-state index contributed by atoms with van der Waals surface area (Å²) in [5.74, 6) is -1.76. The van der Waals surface area contributed by atoms with Crippen molar-refractivity contribution in [1.82, 2.24) is 0 Å². The Morgan fingerprint density at radius 3 is 2.58 bits per heavy atom. The standard InChI is InChI=1S/C8H12O4/c1-2-3-6-12-8(11)5-4-7(9)10/h4-5H,2-3,6H2,1H3,(H,9,10)/b5-4+. The molecule has 0 saturated carbocycles. The molecule has 0 amide bonds. The van der Waals surface area contributed by atoms with Crippen molar-refractivity contribution in [2.24, 2.45) is 0 Å². The Balaban J connectivity index is 3.53. The van der Waals surface area contributed by atoms with E-state index in [0.29, 0.717) is 6.61 Å². The third-order valence-corrected chi connectivity index (χ3v) is 1.10. The first-order valence-electron chi connectivity index (χ1n) is 3.74. The molecule has 0 fully saturated rings. The van der Waals surface area contributed by atoms with Crippen LogP contribution in [0.25, 0.3) is 0 Å². The van der Waals surface area contributed by atoms with E-state index in [1.165, 1.54) is 0 Å². The molecule has 0 atom stereocenters. The number of aliphatic carboxylic acids is 1. The second-order valence-electron chi connectivity index (χ2n) is 2.19. The zero-order valence-electron chi connectivity index (χ0n) is 6.95. The first-order chi connectivity index (χ1) is 5.66. The van der Waals surface area contributed by atoms with E-state index in [4.69, 9.17) is 5.11 Å². The van der Waals surface area contributed by atoms with Crippen molar-refractivity contribution in [2.45, 2.75) is 19.8 Å². The zero-order valence-corrected chi connectivity index (χ0v) is 6.95. The van der Waals surface area contributed by atoms with Crippen LogP contribution >= 0.6 is 0 Å². The second-order valence-corrected chi connectivity index (χ2v) is 2.19. The van der Waals surface area contributed by atoms with Gasteiger partial charge in [-0.05, 0) is 6.42 Å². The largest absolute Gasteiger partial charge is 0.478 e. The molecule has 0 aromatic carbocycles. The number of esters is 1. The molecule has 12 heavy (non-hydrogen) atoms. The van der Waals surface area contributed by atoms with Gasteiger partial charge in [-0.25, -0.2) is 9.59 Å². The number of rotatable bonds is 5. The van der Waals surface area contributed by atoms with Crippen LogP contribution in [0.5, 0.6) is 0 Å². The Morgan fingerprint density at radius 2 is 2.08 bits per heavy atom. The van der Waals surface area contributed by atoms with Crippen LogP contribution < -0.4 is 0 Å². The zero-order chi connectivity index (χ0) is 9.40. The molecule has 0 aromatic rings. The third kappa shape index (κ3) is 6.80. The smallest absolute Gasteiger partial charge is 0.331 e. The van der Waals surface area contributed by atoms with Crippen LogP contribution in [0.1, 0.15) is 19.8 Å². The number of hydrogen-bond acceptors (Lipinski definition) is 3. The summed E-state index contributed by atoms with van der Waals surface area (Å²) in [6.07, 6.45) is 3.40. The minimum atomic E-state index is -1.15. The molecule has 4 heteroatoms. The topological polar surface area (TPSA) is 63.6 Å². The highest BCUT2D eigenvalue weighted by atomic mass is 16.5. The van der Waals surface area contributed by atoms with E-state index < -0.39 is 11.9 Å². The van der Waals surface area contributed by atoms with E-state index in [-0.39, 0.29) is 0 Å². The molecular formula is C8H12O4. The maximum atomic E-state index is 10.6. The molecule has 0 unspecified atom stereocenters. The van der Waals surface area contributed by atoms with E-state index in [1.807, 2.05) is 6.92 Å². The lowest BCUT2D eigenvalue weighted by Gasteiger charge is -1.97. The van der Waals surface area contributed by atoms with Gasteiger partial charge in [-0.2, -0.15) is 0 Å². The Morgan fingerprint density at radius 1 is 1.42 bits per heavy atom. The van der Waals surface area contributed by atoms with Crippen molar-refractivity contribution in [3.8, 4) is 0 Å². The van der Waals surface area contributed by atoms with Gasteiger partial charge in [-0.3, -0.25) is 0 Å². The van der Waals surface area contributed by atoms with Crippen LogP contribution in [0, 0.1) is 0 Å². The predicted octanol–water partition coefficient (Wildman–Crippen LogP) is 0.970. The van der Waals surface area contributed by atoms with Crippen LogP contribution in [-0.4, -0.2) is 23.7 Å². The highest BCUT2D eigenvalue weighted by Gasteiger charge is 1.96. The van der Waals surface area contributed by atoms with E-state index in [9.17, 15) is 9.59 Å². The Kier molecular flexibility index (Phi) is 5.69. The van der Waals surface area contributed by atoms with Gasteiger partial charge in [-0.15, -0.1) is 0 Å². The number of carbonyl (C=O) groups excluding carboxylic acids is 1. The summed E-state index contributed by atoms with van der Waals surface area (Å²) in [4.78, 5) is 20.6. The van der Waals surface area contributed by atoms with Gasteiger partial charge in [0.15, 0.2) is 0 Å². The van der Waals surface area contributed by atoms with Crippen LogP contribution in [0.4, 0.5) is 0 Å². The normalized spacial score (nSPS) is 10.1. The summed E-state index contributed by atoms with van der Waals surface area (Å²) >= 11 is 0. The van der Waals surface area contributed by atoms with Crippen molar-refractivity contribution in [3.63, 3.8) is 0 Å². The predicted molar refractivity (Wildman–Crippen MR) is 42.6 cm³/mol. The van der Waals surface area contributed by atoms with Crippen LogP contribution in [0.3, 0.4) is 0 Å². The number of hydrogen-bond donors (Lipinski definition) is 1. The van der Waals surface area contributed by atoms with Gasteiger partial charge >= 0.3 is 11.9 Å². The fourth-order valence-corrected chi connectivity index (χ4v) is 0.505. The number of carboxylic acids is 1. The molecule has 4 nitrogen and oxygen atoms in total. The average Bonchev–Trinajstić information content (AvgIpc) is 2.01. The minimum Gasteiger partial charge on any atom is -0.478 e. The van der Waals surface area contributed by atoms with E-state index in [1.54, 1.807) is 0 Å². The molecule has 0 heterocycles. The van der Waals surface area contributed by atoms with Crippen molar-refractivity contribution >= 4 is 11.9 Å².